The number of fused-ring (bicyclic) bond motifs is 1. The van der Waals surface area contributed by atoms with Crippen molar-refractivity contribution in [1.29, 1.82) is 0 Å². The van der Waals surface area contributed by atoms with E-state index >= 15 is 0 Å². The Hall–Kier alpha value is -2.48. The van der Waals surface area contributed by atoms with E-state index in [2.05, 4.69) is 34.4 Å². The van der Waals surface area contributed by atoms with Crippen LogP contribution in [0.2, 0.25) is 0 Å². The van der Waals surface area contributed by atoms with Crippen molar-refractivity contribution in [2.45, 2.75) is 76.8 Å². The van der Waals surface area contributed by atoms with E-state index in [-0.39, 0.29) is 42.2 Å². The molecule has 0 saturated carbocycles. The first-order valence-corrected chi connectivity index (χ1v) is 21.7. The van der Waals surface area contributed by atoms with Crippen LogP contribution in [0.4, 0.5) is 5.82 Å². The summed E-state index contributed by atoms with van der Waals surface area (Å²) < 4.78 is 62.0. The van der Waals surface area contributed by atoms with Crippen LogP contribution in [0.15, 0.2) is 12.7 Å². The molecule has 1 aliphatic rings. The summed E-state index contributed by atoms with van der Waals surface area (Å²) in [7, 11) is -16.4. The van der Waals surface area contributed by atoms with Gasteiger partial charge in [-0.1, -0.05) is 39.0 Å². The quantitative estimate of drug-likeness (QED) is 0.0492. The van der Waals surface area contributed by atoms with E-state index in [1.165, 1.54) is 13.8 Å². The molecule has 0 aromatic carbocycles. The lowest BCUT2D eigenvalue weighted by atomic mass is 9.87. The molecule has 11 N–H and O–H groups in total. The number of amides is 2. The molecule has 2 aromatic heterocycles. The number of ether oxygens (including phenoxy) is 1. The number of carbonyl (C=O) groups is 3. The second-order valence-corrected chi connectivity index (χ2v) is 17.9. The summed E-state index contributed by atoms with van der Waals surface area (Å²) >= 11 is 0.868. The number of carbonyl (C=O) groups excluding carboxylic acids is 3. The maximum atomic E-state index is 12.7. The van der Waals surface area contributed by atoms with Crippen LogP contribution in [0.1, 0.15) is 46.3 Å². The minimum absolute atomic E-state index is 0.0257. The van der Waals surface area contributed by atoms with Crippen LogP contribution >= 0.6 is 35.2 Å². The highest BCUT2D eigenvalue weighted by molar-refractivity contribution is 8.13. The van der Waals surface area contributed by atoms with Gasteiger partial charge in [0, 0.05) is 30.7 Å². The first kappa shape index (κ1) is 46.9. The Kier molecular flexibility index (Phi) is 16.9. The molecule has 55 heavy (non-hydrogen) atoms. The number of anilines is 1. The van der Waals surface area contributed by atoms with Crippen LogP contribution < -0.4 is 16.4 Å². The molecule has 1 aliphatic heterocycles. The smallest absolute Gasteiger partial charge is 0.386 e. The number of aliphatic hydroxyl groups is 3. The number of hydrogen-bond donors (Lipinski definition) is 10. The monoisotopic (exact) mass is 867 g/mol. The average molecular weight is 868 g/mol. The lowest BCUT2D eigenvalue weighted by Crippen LogP contribution is -2.46. The molecule has 29 heteroatoms. The van der Waals surface area contributed by atoms with Crippen molar-refractivity contribution in [2.75, 3.05) is 37.8 Å². The molecular weight excluding hydrogens is 823 g/mol. The lowest BCUT2D eigenvalue weighted by Gasteiger charge is -2.30. The molecule has 2 aromatic rings. The molecule has 0 radical (unpaired) electrons. The summed E-state index contributed by atoms with van der Waals surface area (Å²) in [6.07, 6.45) is -7.12. The molecule has 0 bridgehead atoms. The Morgan fingerprint density at radius 2 is 1.73 bits per heavy atom. The Bertz CT molecular complexity index is 1800. The zero-order valence-electron chi connectivity index (χ0n) is 29.5. The summed E-state index contributed by atoms with van der Waals surface area (Å²) in [6, 6.07) is 0. The first-order chi connectivity index (χ1) is 25.5. The number of hydrogen-bond acceptors (Lipinski definition) is 19. The van der Waals surface area contributed by atoms with Crippen molar-refractivity contribution < 1.29 is 85.6 Å². The number of phosphoric acid groups is 3. The number of aromatic nitrogens is 4. The predicted molar refractivity (Wildman–Crippen MR) is 188 cm³/mol. The van der Waals surface area contributed by atoms with Gasteiger partial charge in [-0.05, 0) is 6.42 Å². The van der Waals surface area contributed by atoms with Crippen molar-refractivity contribution in [3.63, 3.8) is 0 Å². The van der Waals surface area contributed by atoms with Crippen LogP contribution in [-0.2, 0) is 50.7 Å². The molecule has 8 atom stereocenters. The fourth-order valence-electron chi connectivity index (χ4n) is 4.77. The zero-order chi connectivity index (χ0) is 41.4. The summed E-state index contributed by atoms with van der Waals surface area (Å²) in [5, 5.41) is 35.5. The minimum Gasteiger partial charge on any atom is -0.386 e. The molecule has 3 rings (SSSR count). The fraction of sp³-hybridized carbons (Fsp3) is 0.692. The third-order valence-corrected chi connectivity index (χ3v) is 11.6. The van der Waals surface area contributed by atoms with E-state index in [1.54, 1.807) is 0 Å². The van der Waals surface area contributed by atoms with E-state index in [0.717, 1.165) is 29.0 Å². The van der Waals surface area contributed by atoms with Gasteiger partial charge in [0.15, 0.2) is 17.7 Å². The maximum absolute atomic E-state index is 12.7. The standard InChI is InChI=1S/C26H44N7O18P3S/c1-4-5-14(34)25(39)55-9-8-28-16(35)6-7-29-23(38)20(37)26(2,3)11-48-54(45,46)51-53(43,44)47-10-15-19(50-52(40,41)42)18(36)24(49-15)33-13-32-17-21(27)30-12-31-22(17)33/h12-15,18-20,24,34,36-37H,4-11H2,1-3H3,(H,28,35)(H,29,38)(H,43,44)(H,45,46)(H2,27,30,31)(H2,40,41,42)/t14?,15-,18-,19-,20+,24-/m1/s1. The summed E-state index contributed by atoms with van der Waals surface area (Å²) in [4.78, 5) is 87.2. The molecule has 2 amide bonds. The minimum atomic E-state index is -5.58. The van der Waals surface area contributed by atoms with Gasteiger partial charge in [0.1, 0.15) is 42.4 Å². The van der Waals surface area contributed by atoms with Gasteiger partial charge < -0.3 is 56.0 Å². The van der Waals surface area contributed by atoms with Crippen LogP contribution in [0.25, 0.3) is 11.2 Å². The number of nitrogen functional groups attached to an aromatic ring is 1. The van der Waals surface area contributed by atoms with Gasteiger partial charge in [0.2, 0.25) is 16.9 Å². The molecule has 1 fully saturated rings. The Morgan fingerprint density at radius 3 is 2.38 bits per heavy atom. The first-order valence-electron chi connectivity index (χ1n) is 16.2. The fourth-order valence-corrected chi connectivity index (χ4v) is 8.31. The highest BCUT2D eigenvalue weighted by Gasteiger charge is 2.50. The van der Waals surface area contributed by atoms with Crippen LogP contribution in [0.5, 0.6) is 0 Å². The van der Waals surface area contributed by atoms with Gasteiger partial charge in [-0.25, -0.2) is 28.6 Å². The third kappa shape index (κ3) is 14.1. The summed E-state index contributed by atoms with van der Waals surface area (Å²) in [5.41, 5.74) is 4.23. The molecule has 25 nitrogen and oxygen atoms in total. The van der Waals surface area contributed by atoms with Crippen molar-refractivity contribution in [2.24, 2.45) is 5.41 Å². The van der Waals surface area contributed by atoms with E-state index in [4.69, 9.17) is 19.5 Å². The van der Waals surface area contributed by atoms with Gasteiger partial charge in [0.25, 0.3) is 0 Å². The van der Waals surface area contributed by atoms with Crippen LogP contribution in [0, 0.1) is 5.41 Å². The van der Waals surface area contributed by atoms with Crippen LogP contribution in [0.3, 0.4) is 0 Å². The van der Waals surface area contributed by atoms with Gasteiger partial charge in [0.05, 0.1) is 19.5 Å². The van der Waals surface area contributed by atoms with Crippen molar-refractivity contribution in [3.05, 3.63) is 12.7 Å². The second-order valence-electron chi connectivity index (χ2n) is 12.5. The largest absolute Gasteiger partial charge is 0.481 e. The number of rotatable bonds is 22. The molecule has 0 spiro atoms. The predicted octanol–water partition coefficient (Wildman–Crippen LogP) is -1.17. The lowest BCUT2D eigenvalue weighted by molar-refractivity contribution is -0.137. The van der Waals surface area contributed by atoms with Crippen molar-refractivity contribution >= 4 is 69.1 Å². The molecular formula is C26H44N7O18P3S. The summed E-state index contributed by atoms with van der Waals surface area (Å²) in [5.74, 6) is -1.31. The van der Waals surface area contributed by atoms with Gasteiger partial charge in [-0.2, -0.15) is 4.31 Å². The highest BCUT2D eigenvalue weighted by atomic mass is 32.2. The molecule has 0 aliphatic carbocycles. The average Bonchev–Trinajstić information content (AvgIpc) is 3.64. The Labute approximate surface area is 317 Å². The maximum Gasteiger partial charge on any atom is 0.481 e. The molecule has 3 heterocycles. The van der Waals surface area contributed by atoms with Crippen molar-refractivity contribution in [1.82, 2.24) is 30.2 Å². The van der Waals surface area contributed by atoms with Gasteiger partial charge >= 0.3 is 23.5 Å². The SMILES string of the molecule is CCCC(O)C(=O)SCCNC(=O)CCNC(=O)[C@H](O)C(C)(C)COP(=O)(O)OP(=O)(O)OC[C@H]1O[C@@H](n2cnc3c(N)ncnc32)[C@H](O)[C@@H]1OP(=O)(O)O. The third-order valence-electron chi connectivity index (χ3n) is 7.58. The zero-order valence-corrected chi connectivity index (χ0v) is 33.0. The second kappa shape index (κ2) is 19.8. The number of phosphoric ester groups is 3. The Balaban J connectivity index is 1.50. The van der Waals surface area contributed by atoms with E-state index in [1.807, 2.05) is 6.92 Å². The number of thioether (sulfide) groups is 1. The highest BCUT2D eigenvalue weighted by Crippen LogP contribution is 2.61. The van der Waals surface area contributed by atoms with E-state index in [0.29, 0.717) is 12.8 Å². The number of nitrogens with zero attached hydrogens (tertiary/aromatic N) is 4. The normalized spacial score (nSPS) is 22.4. The number of imidazole rings is 1. The number of nitrogens with one attached hydrogen (secondary N) is 2. The number of nitrogens with two attached hydrogens (primary N) is 1. The molecule has 3 unspecified atom stereocenters. The van der Waals surface area contributed by atoms with Gasteiger partial charge in [-0.3, -0.25) is 32.5 Å². The molecule has 1 saturated heterocycles. The molecule has 312 valence electrons. The summed E-state index contributed by atoms with van der Waals surface area (Å²) in [6.45, 7) is 2.14. The van der Waals surface area contributed by atoms with Gasteiger partial charge in [-0.15, -0.1) is 0 Å². The van der Waals surface area contributed by atoms with E-state index in [9.17, 15) is 63.0 Å². The topological polar surface area (TPSA) is 384 Å². The van der Waals surface area contributed by atoms with E-state index < -0.39 is 95.8 Å². The number of aliphatic hydroxyl groups excluding tert-OH is 3. The van der Waals surface area contributed by atoms with Crippen molar-refractivity contribution in [3.8, 4) is 0 Å². The Morgan fingerprint density at radius 1 is 1.05 bits per heavy atom. The van der Waals surface area contributed by atoms with Crippen LogP contribution in [-0.4, -0.2) is 134 Å².